The van der Waals surface area contributed by atoms with Gasteiger partial charge in [0, 0.05) is 27.3 Å². The number of carboxylic acid groups (broad SMARTS) is 1. The van der Waals surface area contributed by atoms with Crippen molar-refractivity contribution in [3.63, 3.8) is 0 Å². The molecule has 0 saturated heterocycles. The number of imidazole rings is 1. The molecule has 3 heterocycles. The van der Waals surface area contributed by atoms with Gasteiger partial charge in [0.2, 0.25) is 0 Å². The summed E-state index contributed by atoms with van der Waals surface area (Å²) in [6, 6.07) is 11.7. The molecule has 4 aromatic rings. The zero-order valence-electron chi connectivity index (χ0n) is 19.6. The second-order valence-electron chi connectivity index (χ2n) is 8.18. The molecule has 0 saturated carbocycles. The number of aliphatic hydroxyl groups is 1. The first kappa shape index (κ1) is 25.0. The third-order valence-corrected chi connectivity index (χ3v) is 7.95. The van der Waals surface area contributed by atoms with E-state index in [1.54, 1.807) is 34.8 Å². The number of phenols is 1. The van der Waals surface area contributed by atoms with Gasteiger partial charge in [-0.05, 0) is 55.7 Å². The number of rotatable bonds is 11. The van der Waals surface area contributed by atoms with Crippen molar-refractivity contribution in [1.29, 1.82) is 0 Å². The van der Waals surface area contributed by atoms with Crippen LogP contribution in [0.5, 0.6) is 11.5 Å². The molecule has 0 aliphatic carbocycles. The van der Waals surface area contributed by atoms with Crippen molar-refractivity contribution in [2.45, 2.75) is 45.6 Å². The van der Waals surface area contributed by atoms with Crippen LogP contribution in [0.2, 0.25) is 0 Å². The predicted octanol–water partition coefficient (Wildman–Crippen LogP) is 6.10. The van der Waals surface area contributed by atoms with Gasteiger partial charge >= 0.3 is 5.97 Å². The highest BCUT2D eigenvalue weighted by Gasteiger charge is 2.20. The minimum absolute atomic E-state index is 0.0857. The molecule has 0 fully saturated rings. The number of aromatic hydroxyl groups is 1. The Labute approximate surface area is 211 Å². The highest BCUT2D eigenvalue weighted by atomic mass is 32.1. The van der Waals surface area contributed by atoms with Gasteiger partial charge in [-0.3, -0.25) is 4.79 Å². The van der Waals surface area contributed by atoms with Crippen LogP contribution in [0.25, 0.3) is 32.5 Å². The highest BCUT2D eigenvalue weighted by Crippen LogP contribution is 2.41. The number of hydrogen-bond acceptors (Lipinski definition) is 7. The lowest BCUT2D eigenvalue weighted by Crippen LogP contribution is -1.94. The average molecular weight is 513 g/mol. The van der Waals surface area contributed by atoms with E-state index in [0.29, 0.717) is 29.8 Å². The van der Waals surface area contributed by atoms with Gasteiger partial charge in [-0.25, -0.2) is 4.98 Å². The zero-order valence-corrected chi connectivity index (χ0v) is 21.3. The molecular weight excluding hydrogens is 484 g/mol. The van der Waals surface area contributed by atoms with Crippen molar-refractivity contribution in [3.8, 4) is 44.0 Å². The predicted molar refractivity (Wildman–Crippen MR) is 139 cm³/mol. The van der Waals surface area contributed by atoms with Crippen LogP contribution in [0.15, 0.2) is 36.4 Å². The summed E-state index contributed by atoms with van der Waals surface area (Å²) in [5.74, 6) is 0.00385. The number of aromatic nitrogens is 2. The topological polar surface area (TPSA) is 116 Å². The fourth-order valence-corrected chi connectivity index (χ4v) is 6.05. The monoisotopic (exact) mass is 512 g/mol. The summed E-state index contributed by atoms with van der Waals surface area (Å²) in [5, 5.41) is 28.9. The van der Waals surface area contributed by atoms with Crippen molar-refractivity contribution in [2.75, 3.05) is 7.11 Å². The third kappa shape index (κ3) is 5.58. The number of aliphatic hydroxyl groups excluding tert-OH is 1. The van der Waals surface area contributed by atoms with E-state index in [1.807, 2.05) is 12.1 Å². The number of ether oxygens (including phenoxy) is 1. The number of benzene rings is 1. The van der Waals surface area contributed by atoms with Gasteiger partial charge in [0.1, 0.15) is 11.5 Å². The molecule has 0 aliphatic rings. The van der Waals surface area contributed by atoms with Crippen molar-refractivity contribution >= 4 is 28.6 Å². The van der Waals surface area contributed by atoms with Crippen molar-refractivity contribution in [1.82, 2.24) is 9.97 Å². The first-order valence-electron chi connectivity index (χ1n) is 11.4. The fourth-order valence-electron chi connectivity index (χ4n) is 3.89. The Kier molecular flexibility index (Phi) is 7.90. The maximum absolute atomic E-state index is 10.9. The number of aliphatic carboxylic acids is 1. The molecule has 0 bridgehead atoms. The molecule has 3 aromatic heterocycles. The Balaban J connectivity index is 1.77. The van der Waals surface area contributed by atoms with E-state index in [0.717, 1.165) is 38.9 Å². The molecule has 0 aliphatic heterocycles. The Morgan fingerprint density at radius 3 is 2.49 bits per heavy atom. The molecule has 9 heteroatoms. The van der Waals surface area contributed by atoms with Gasteiger partial charge in [-0.15, -0.1) is 22.7 Å². The van der Waals surface area contributed by atoms with E-state index in [9.17, 15) is 15.0 Å². The molecule has 184 valence electrons. The first-order chi connectivity index (χ1) is 16.9. The summed E-state index contributed by atoms with van der Waals surface area (Å²) in [4.78, 5) is 23.8. The van der Waals surface area contributed by atoms with E-state index < -0.39 is 5.97 Å². The Bertz CT molecular complexity index is 1300. The van der Waals surface area contributed by atoms with Gasteiger partial charge in [-0.2, -0.15) is 0 Å². The Hall–Kier alpha value is -3.14. The standard InChI is InChI=1S/C26H28N2O5S2/c1-3-5-17-8-10-20(34-17)23-24(21-11-9-18(35-21)6-4-7-22(30)31)28-26(27-23)15-12-16(14-29)25(32)19(13-15)33-2/h8-13,29,32H,3-7,14H2,1-2H3,(H,27,28)(H,30,31). The van der Waals surface area contributed by atoms with Crippen LogP contribution in [0.3, 0.4) is 0 Å². The number of nitrogens with one attached hydrogen (secondary N) is 1. The summed E-state index contributed by atoms with van der Waals surface area (Å²) in [6.07, 6.45) is 3.54. The molecule has 7 nitrogen and oxygen atoms in total. The lowest BCUT2D eigenvalue weighted by Gasteiger charge is -2.09. The number of carbonyl (C=O) groups is 1. The maximum Gasteiger partial charge on any atom is 0.303 e. The van der Waals surface area contributed by atoms with Crippen LogP contribution in [0, 0.1) is 0 Å². The van der Waals surface area contributed by atoms with Crippen molar-refractivity contribution in [2.24, 2.45) is 0 Å². The fraction of sp³-hybridized carbons (Fsp3) is 0.308. The van der Waals surface area contributed by atoms with Gasteiger partial charge in [-0.1, -0.05) is 13.3 Å². The second-order valence-corrected chi connectivity index (χ2v) is 10.5. The van der Waals surface area contributed by atoms with E-state index in [1.165, 1.54) is 12.0 Å². The van der Waals surface area contributed by atoms with E-state index >= 15 is 0 Å². The Morgan fingerprint density at radius 1 is 1.09 bits per heavy atom. The van der Waals surface area contributed by atoms with Gasteiger partial charge in [0.05, 0.1) is 29.2 Å². The Morgan fingerprint density at radius 2 is 1.80 bits per heavy atom. The quantitative estimate of drug-likeness (QED) is 0.193. The molecule has 35 heavy (non-hydrogen) atoms. The summed E-state index contributed by atoms with van der Waals surface area (Å²) < 4.78 is 5.30. The summed E-state index contributed by atoms with van der Waals surface area (Å²) in [5.41, 5.74) is 2.78. The van der Waals surface area contributed by atoms with Crippen LogP contribution in [0.4, 0.5) is 0 Å². The van der Waals surface area contributed by atoms with Crippen LogP contribution >= 0.6 is 22.7 Å². The van der Waals surface area contributed by atoms with Gasteiger partial charge < -0.3 is 25.0 Å². The lowest BCUT2D eigenvalue weighted by molar-refractivity contribution is -0.137. The van der Waals surface area contributed by atoms with Crippen LogP contribution in [-0.4, -0.2) is 38.4 Å². The lowest BCUT2D eigenvalue weighted by atomic mass is 10.1. The number of thiophene rings is 2. The number of nitrogens with zero attached hydrogens (tertiary/aromatic N) is 1. The number of H-pyrrole nitrogens is 1. The summed E-state index contributed by atoms with van der Waals surface area (Å²) >= 11 is 3.35. The number of aryl methyl sites for hydroxylation is 2. The molecule has 0 amide bonds. The van der Waals surface area contributed by atoms with E-state index in [-0.39, 0.29) is 24.5 Å². The molecule has 0 unspecified atom stereocenters. The molecule has 0 spiro atoms. The van der Waals surface area contributed by atoms with Crippen LogP contribution in [-0.2, 0) is 24.2 Å². The van der Waals surface area contributed by atoms with Crippen LogP contribution < -0.4 is 4.74 Å². The maximum atomic E-state index is 10.9. The molecule has 0 radical (unpaired) electrons. The highest BCUT2D eigenvalue weighted by molar-refractivity contribution is 7.16. The van der Waals surface area contributed by atoms with Gasteiger partial charge in [0.15, 0.2) is 11.5 Å². The van der Waals surface area contributed by atoms with Crippen molar-refractivity contribution < 1.29 is 24.9 Å². The van der Waals surface area contributed by atoms with E-state index in [2.05, 4.69) is 24.0 Å². The largest absolute Gasteiger partial charge is 0.504 e. The SMILES string of the molecule is CCCc1ccc(-c2[nH]c(-c3cc(CO)c(O)c(OC)c3)nc2-c2ccc(CCCC(=O)O)s2)s1. The minimum Gasteiger partial charge on any atom is -0.504 e. The number of carboxylic acids is 1. The van der Waals surface area contributed by atoms with Crippen LogP contribution in [0.1, 0.15) is 41.5 Å². The molecule has 1 aromatic carbocycles. The molecule has 4 N–H and O–H groups in total. The average Bonchev–Trinajstić information content (AvgIpc) is 3.58. The van der Waals surface area contributed by atoms with E-state index in [4.69, 9.17) is 14.8 Å². The number of hydrogen-bond donors (Lipinski definition) is 4. The minimum atomic E-state index is -0.784. The molecule has 0 atom stereocenters. The second kappa shape index (κ2) is 11.1. The third-order valence-electron chi connectivity index (χ3n) is 5.63. The van der Waals surface area contributed by atoms with Gasteiger partial charge in [0.25, 0.3) is 0 Å². The zero-order chi connectivity index (χ0) is 24.9. The molecule has 4 rings (SSSR count). The van der Waals surface area contributed by atoms with Crippen molar-refractivity contribution in [3.05, 3.63) is 51.7 Å². The first-order valence-corrected chi connectivity index (χ1v) is 13.1. The normalized spacial score (nSPS) is 11.2. The molecular formula is C26H28N2O5S2. The summed E-state index contributed by atoms with van der Waals surface area (Å²) in [6.45, 7) is 1.83. The number of methoxy groups -OCH3 is 1. The number of aromatic amines is 1. The smallest absolute Gasteiger partial charge is 0.303 e. The summed E-state index contributed by atoms with van der Waals surface area (Å²) in [7, 11) is 1.47.